The zero-order valence-electron chi connectivity index (χ0n) is 14.5. The third-order valence-corrected chi connectivity index (χ3v) is 4.00. The average molecular weight is 380 g/mol. The number of nitrogens with zero attached hydrogens (tertiary/aromatic N) is 3. The fraction of sp³-hybridized carbons (Fsp3) is 0.0500. The number of hydrogen-bond acceptors (Lipinski definition) is 4. The summed E-state index contributed by atoms with van der Waals surface area (Å²) < 4.78 is 32.9. The first-order valence-corrected chi connectivity index (χ1v) is 8.38. The maximum Gasteiger partial charge on any atom is 0.294 e. The van der Waals surface area contributed by atoms with Crippen LogP contribution in [-0.4, -0.2) is 20.8 Å². The fourth-order valence-corrected chi connectivity index (χ4v) is 2.67. The second kappa shape index (κ2) is 7.43. The molecule has 0 saturated carbocycles. The Balaban J connectivity index is 1.43. The van der Waals surface area contributed by atoms with Crippen molar-refractivity contribution >= 4 is 11.6 Å². The lowest BCUT2D eigenvalue weighted by molar-refractivity contribution is 0.0988. The van der Waals surface area contributed by atoms with Crippen molar-refractivity contribution in [2.75, 3.05) is 5.32 Å². The van der Waals surface area contributed by atoms with Crippen LogP contribution in [0.4, 0.5) is 14.5 Å². The predicted octanol–water partition coefficient (Wildman–Crippen LogP) is 4.12. The van der Waals surface area contributed by atoms with Crippen LogP contribution in [0.15, 0.2) is 71.5 Å². The van der Waals surface area contributed by atoms with Gasteiger partial charge in [-0.2, -0.15) is 5.10 Å². The van der Waals surface area contributed by atoms with E-state index in [1.807, 2.05) is 0 Å². The summed E-state index contributed by atoms with van der Waals surface area (Å²) in [5.41, 5.74) is 2.26. The Bertz CT molecular complexity index is 1120. The number of anilines is 1. The van der Waals surface area contributed by atoms with Gasteiger partial charge in [0.1, 0.15) is 17.3 Å². The molecule has 2 aromatic heterocycles. The third-order valence-electron chi connectivity index (χ3n) is 4.00. The molecule has 0 aliphatic heterocycles. The van der Waals surface area contributed by atoms with Gasteiger partial charge >= 0.3 is 0 Å². The van der Waals surface area contributed by atoms with E-state index >= 15 is 0 Å². The normalized spacial score (nSPS) is 10.8. The van der Waals surface area contributed by atoms with Crippen LogP contribution in [0.1, 0.15) is 16.1 Å². The smallest absolute Gasteiger partial charge is 0.294 e. The summed E-state index contributed by atoms with van der Waals surface area (Å²) in [5.74, 6) is -1.16. The van der Waals surface area contributed by atoms with Gasteiger partial charge < -0.3 is 9.84 Å². The average Bonchev–Trinajstić information content (AvgIpc) is 3.32. The Labute approximate surface area is 158 Å². The molecule has 0 aliphatic rings. The fourth-order valence-electron chi connectivity index (χ4n) is 2.67. The number of carbonyl (C=O) groups excluding carboxylic acids is 1. The van der Waals surface area contributed by atoms with Gasteiger partial charge in [0.2, 0.25) is 5.76 Å². The van der Waals surface area contributed by atoms with Gasteiger partial charge in [0.05, 0.1) is 18.4 Å². The summed E-state index contributed by atoms with van der Waals surface area (Å²) in [5, 5.41) is 10.6. The van der Waals surface area contributed by atoms with Gasteiger partial charge in [-0.25, -0.2) is 8.78 Å². The Hall–Kier alpha value is -3.81. The van der Waals surface area contributed by atoms with Crippen molar-refractivity contribution in [3.63, 3.8) is 0 Å². The summed E-state index contributed by atoms with van der Waals surface area (Å²) in [4.78, 5) is 12.3. The third kappa shape index (κ3) is 3.96. The topological polar surface area (TPSA) is 73.0 Å². The van der Waals surface area contributed by atoms with Gasteiger partial charge in [-0.3, -0.25) is 9.48 Å². The van der Waals surface area contributed by atoms with Crippen LogP contribution in [-0.2, 0) is 6.54 Å². The molecule has 0 saturated heterocycles. The maximum absolute atomic E-state index is 13.3. The lowest BCUT2D eigenvalue weighted by Crippen LogP contribution is -2.10. The van der Waals surface area contributed by atoms with Crippen molar-refractivity contribution in [2.45, 2.75) is 6.54 Å². The Morgan fingerprint density at radius 3 is 2.68 bits per heavy atom. The van der Waals surface area contributed by atoms with Gasteiger partial charge in [0.25, 0.3) is 5.91 Å². The zero-order chi connectivity index (χ0) is 19.5. The van der Waals surface area contributed by atoms with Crippen LogP contribution in [0.5, 0.6) is 0 Å². The number of hydrogen-bond donors (Lipinski definition) is 1. The van der Waals surface area contributed by atoms with Crippen LogP contribution in [0, 0.1) is 11.6 Å². The highest BCUT2D eigenvalue weighted by Crippen LogP contribution is 2.20. The first-order valence-electron chi connectivity index (χ1n) is 8.38. The van der Waals surface area contributed by atoms with Crippen molar-refractivity contribution in [1.29, 1.82) is 0 Å². The number of nitrogens with one attached hydrogen (secondary N) is 1. The van der Waals surface area contributed by atoms with E-state index in [0.717, 1.165) is 5.56 Å². The predicted molar refractivity (Wildman–Crippen MR) is 97.6 cm³/mol. The van der Waals surface area contributed by atoms with Crippen LogP contribution in [0.3, 0.4) is 0 Å². The SMILES string of the molecule is O=C(Nc1cnn(Cc2cccc(F)c2)c1)c1cc(-c2ccc(F)cc2)no1. The molecule has 0 unspecified atom stereocenters. The number of aromatic nitrogens is 3. The summed E-state index contributed by atoms with van der Waals surface area (Å²) in [6.07, 6.45) is 3.11. The van der Waals surface area contributed by atoms with Crippen molar-refractivity contribution in [3.8, 4) is 11.3 Å². The van der Waals surface area contributed by atoms with Gasteiger partial charge in [-0.1, -0.05) is 17.3 Å². The van der Waals surface area contributed by atoms with Crippen LogP contribution < -0.4 is 5.32 Å². The van der Waals surface area contributed by atoms with Gasteiger partial charge in [0.15, 0.2) is 0 Å². The summed E-state index contributed by atoms with van der Waals surface area (Å²) in [6.45, 7) is 0.366. The van der Waals surface area contributed by atoms with E-state index in [1.54, 1.807) is 35.1 Å². The first-order chi connectivity index (χ1) is 13.6. The largest absolute Gasteiger partial charge is 0.350 e. The second-order valence-electron chi connectivity index (χ2n) is 6.09. The molecule has 6 nitrogen and oxygen atoms in total. The molecule has 0 atom stereocenters. The van der Waals surface area contributed by atoms with Crippen molar-refractivity contribution < 1.29 is 18.1 Å². The zero-order valence-corrected chi connectivity index (χ0v) is 14.5. The molecular formula is C20H14F2N4O2. The monoisotopic (exact) mass is 380 g/mol. The lowest BCUT2D eigenvalue weighted by Gasteiger charge is -2.01. The Kier molecular flexibility index (Phi) is 4.67. The van der Waals surface area contributed by atoms with Crippen LogP contribution in [0.2, 0.25) is 0 Å². The number of benzene rings is 2. The molecule has 0 bridgehead atoms. The molecule has 2 heterocycles. The van der Waals surface area contributed by atoms with Gasteiger partial charge in [0, 0.05) is 17.8 Å². The minimum atomic E-state index is -0.494. The number of amides is 1. The van der Waals surface area contributed by atoms with Gasteiger partial charge in [-0.15, -0.1) is 0 Å². The molecule has 8 heteroatoms. The highest BCUT2D eigenvalue weighted by molar-refractivity contribution is 6.02. The van der Waals surface area contributed by atoms with E-state index in [9.17, 15) is 13.6 Å². The minimum absolute atomic E-state index is 0.0113. The molecule has 2 aromatic carbocycles. The van der Waals surface area contributed by atoms with E-state index in [4.69, 9.17) is 4.52 Å². The number of rotatable bonds is 5. The van der Waals surface area contributed by atoms with E-state index in [2.05, 4.69) is 15.6 Å². The van der Waals surface area contributed by atoms with Crippen LogP contribution in [0.25, 0.3) is 11.3 Å². The van der Waals surface area contributed by atoms with Crippen molar-refractivity contribution in [3.05, 3.63) is 89.9 Å². The minimum Gasteiger partial charge on any atom is -0.350 e. The molecule has 4 aromatic rings. The maximum atomic E-state index is 13.3. The number of carbonyl (C=O) groups is 1. The van der Waals surface area contributed by atoms with Crippen LogP contribution >= 0.6 is 0 Å². The first kappa shape index (κ1) is 17.6. The Morgan fingerprint density at radius 2 is 1.89 bits per heavy atom. The highest BCUT2D eigenvalue weighted by atomic mass is 19.1. The molecule has 4 rings (SSSR count). The summed E-state index contributed by atoms with van der Waals surface area (Å²) in [6, 6.07) is 13.4. The highest BCUT2D eigenvalue weighted by Gasteiger charge is 2.15. The molecule has 0 aliphatic carbocycles. The van der Waals surface area contributed by atoms with E-state index in [0.29, 0.717) is 23.5 Å². The quantitative estimate of drug-likeness (QED) is 0.565. The van der Waals surface area contributed by atoms with E-state index in [-0.39, 0.29) is 17.4 Å². The molecule has 28 heavy (non-hydrogen) atoms. The summed E-state index contributed by atoms with van der Waals surface area (Å²) in [7, 11) is 0. The van der Waals surface area contributed by atoms with Crippen molar-refractivity contribution in [1.82, 2.24) is 14.9 Å². The lowest BCUT2D eigenvalue weighted by atomic mass is 10.1. The molecule has 0 radical (unpaired) electrons. The molecular weight excluding hydrogens is 366 g/mol. The van der Waals surface area contributed by atoms with E-state index in [1.165, 1.54) is 36.5 Å². The molecule has 0 spiro atoms. The number of halogens is 2. The standard InChI is InChI=1S/C20H14F2N4O2/c21-15-6-4-14(5-7-15)18-9-19(28-25-18)20(27)24-17-10-23-26(12-17)11-13-2-1-3-16(22)8-13/h1-10,12H,11H2,(H,24,27). The van der Waals surface area contributed by atoms with Gasteiger partial charge in [-0.05, 0) is 42.0 Å². The second-order valence-corrected chi connectivity index (χ2v) is 6.09. The molecule has 1 N–H and O–H groups in total. The van der Waals surface area contributed by atoms with Crippen molar-refractivity contribution in [2.24, 2.45) is 0 Å². The molecule has 0 fully saturated rings. The Morgan fingerprint density at radius 1 is 1.07 bits per heavy atom. The van der Waals surface area contributed by atoms with E-state index < -0.39 is 5.91 Å². The molecule has 1 amide bonds. The summed E-state index contributed by atoms with van der Waals surface area (Å²) >= 11 is 0. The molecule has 140 valence electrons.